The Morgan fingerprint density at radius 2 is 1.05 bits per heavy atom. The number of hydrogen-bond donors (Lipinski definition) is 0. The molecule has 1 aromatic carbocycles. The maximum absolute atomic E-state index is 9.06. The third-order valence-corrected chi connectivity index (χ3v) is 2.37. The van der Waals surface area contributed by atoms with Crippen LogP contribution in [0.3, 0.4) is 0 Å². The number of nitrogens with zero attached hydrogens (tertiary/aromatic N) is 6. The molecule has 0 amide bonds. The molecule has 0 N–H and O–H groups in total. The normalized spacial score (nSPS) is 7.70. The maximum Gasteiger partial charge on any atom is 0.139 e. The second-order valence-electron chi connectivity index (χ2n) is 3.37. The molecule has 0 heterocycles. The van der Waals surface area contributed by atoms with Crippen molar-refractivity contribution in [3.63, 3.8) is 0 Å². The van der Waals surface area contributed by atoms with Gasteiger partial charge in [0.05, 0.1) is 23.3 Å². The highest BCUT2D eigenvalue weighted by Gasteiger charge is 2.09. The van der Waals surface area contributed by atoms with E-state index in [0.29, 0.717) is 0 Å². The van der Waals surface area contributed by atoms with Gasteiger partial charge in [-0.15, -0.1) is 0 Å². The summed E-state index contributed by atoms with van der Waals surface area (Å²) in [5, 5.41) is 53.4. The molecule has 0 radical (unpaired) electrons. The lowest BCUT2D eigenvalue weighted by molar-refractivity contribution is 1.37. The Bertz CT molecular complexity index is 883. The van der Waals surface area contributed by atoms with Crippen LogP contribution in [0.5, 0.6) is 0 Å². The summed E-state index contributed by atoms with van der Waals surface area (Å²) >= 11 is 0. The Balaban J connectivity index is 4.24. The van der Waals surface area contributed by atoms with Gasteiger partial charge in [-0.1, -0.05) is 0 Å². The average Bonchev–Trinajstić information content (AvgIpc) is 2.50. The second-order valence-corrected chi connectivity index (χ2v) is 3.37. The summed E-state index contributed by atoms with van der Waals surface area (Å²) in [7, 11) is 0. The monoisotopic (exact) mass is 254 g/mol. The molecule has 6 heteroatoms. The molecule has 0 bridgehead atoms. The standard InChI is InChI=1S/C14H2N6/c15-3-10-1-9(12(5-17)6-18)2-11(4-16)14(10)13(7-19)8-20/h1-2H. The van der Waals surface area contributed by atoms with Gasteiger partial charge in [0.2, 0.25) is 0 Å². The summed E-state index contributed by atoms with van der Waals surface area (Å²) in [6.45, 7) is 0. The molecule has 0 aliphatic rings. The molecule has 0 unspecified atom stereocenters. The lowest BCUT2D eigenvalue weighted by Crippen LogP contribution is -2.21. The number of benzene rings is 1. The van der Waals surface area contributed by atoms with Crippen molar-refractivity contribution in [1.29, 1.82) is 31.6 Å². The highest BCUT2D eigenvalue weighted by atomic mass is 14.3. The molecular formula is C14H2N6. The van der Waals surface area contributed by atoms with Crippen LogP contribution in [0.15, 0.2) is 12.1 Å². The van der Waals surface area contributed by atoms with E-state index in [0.717, 1.165) is 0 Å². The SMILES string of the molecule is N#CC(C#N)=c1cc(C#N)c(=C(C#N)C#N)c(C#N)c1. The molecule has 0 saturated heterocycles. The fourth-order valence-corrected chi connectivity index (χ4v) is 1.52. The van der Waals surface area contributed by atoms with E-state index in [-0.39, 0.29) is 32.7 Å². The minimum atomic E-state index is -0.375. The Morgan fingerprint density at radius 3 is 1.35 bits per heavy atom. The van der Waals surface area contributed by atoms with Crippen LogP contribution in [-0.4, -0.2) is 0 Å². The summed E-state index contributed by atoms with van der Waals surface area (Å²) in [6, 6.07) is 12.4. The molecule has 0 aromatic heterocycles. The van der Waals surface area contributed by atoms with Crippen LogP contribution in [0.4, 0.5) is 0 Å². The largest absolute Gasteiger partial charge is 0.192 e. The zero-order valence-corrected chi connectivity index (χ0v) is 9.84. The fourth-order valence-electron chi connectivity index (χ4n) is 1.52. The first-order valence-electron chi connectivity index (χ1n) is 5.00. The van der Waals surface area contributed by atoms with E-state index >= 15 is 0 Å². The smallest absolute Gasteiger partial charge is 0.139 e. The van der Waals surface area contributed by atoms with Gasteiger partial charge >= 0.3 is 0 Å². The lowest BCUT2D eigenvalue weighted by Gasteiger charge is -1.97. The molecule has 0 fully saturated rings. The molecule has 6 nitrogen and oxygen atoms in total. The van der Waals surface area contributed by atoms with Crippen molar-refractivity contribution in [1.82, 2.24) is 0 Å². The predicted molar refractivity (Wildman–Crippen MR) is 64.4 cm³/mol. The first kappa shape index (κ1) is 14.0. The van der Waals surface area contributed by atoms with E-state index in [1.807, 2.05) is 0 Å². The minimum absolute atomic E-state index is 0.0843. The second kappa shape index (κ2) is 6.00. The van der Waals surface area contributed by atoms with Crippen LogP contribution in [-0.2, 0) is 0 Å². The number of hydrogen-bond acceptors (Lipinski definition) is 6. The lowest BCUT2D eigenvalue weighted by atomic mass is 10.0. The molecule has 88 valence electrons. The van der Waals surface area contributed by atoms with E-state index in [9.17, 15) is 0 Å². The Morgan fingerprint density at radius 1 is 0.650 bits per heavy atom. The van der Waals surface area contributed by atoms with Crippen molar-refractivity contribution < 1.29 is 0 Å². The Kier molecular flexibility index (Phi) is 4.19. The Hall–Kier alpha value is -4.10. The predicted octanol–water partition coefficient (Wildman–Crippen LogP) is -0.174. The summed E-state index contributed by atoms with van der Waals surface area (Å²) in [4.78, 5) is 0. The highest BCUT2D eigenvalue weighted by Crippen LogP contribution is 1.98. The molecular weight excluding hydrogens is 252 g/mol. The molecule has 0 aliphatic heterocycles. The summed E-state index contributed by atoms with van der Waals surface area (Å²) in [5.41, 5.74) is -0.861. The van der Waals surface area contributed by atoms with Crippen molar-refractivity contribution >= 4 is 11.1 Å². The third-order valence-electron chi connectivity index (χ3n) is 2.37. The van der Waals surface area contributed by atoms with Crippen LogP contribution in [0.25, 0.3) is 11.1 Å². The molecule has 0 atom stereocenters. The van der Waals surface area contributed by atoms with Crippen molar-refractivity contribution in [2.75, 3.05) is 0 Å². The van der Waals surface area contributed by atoms with Gasteiger partial charge in [-0.2, -0.15) is 31.6 Å². The molecule has 0 spiro atoms. The molecule has 0 saturated carbocycles. The van der Waals surface area contributed by atoms with E-state index in [1.54, 1.807) is 36.4 Å². The number of rotatable bonds is 0. The van der Waals surface area contributed by atoms with Crippen molar-refractivity contribution in [3.8, 4) is 36.4 Å². The van der Waals surface area contributed by atoms with E-state index in [2.05, 4.69) is 0 Å². The highest BCUT2D eigenvalue weighted by molar-refractivity contribution is 5.77. The molecule has 20 heavy (non-hydrogen) atoms. The topological polar surface area (TPSA) is 143 Å². The van der Waals surface area contributed by atoms with Gasteiger partial charge < -0.3 is 0 Å². The van der Waals surface area contributed by atoms with Crippen LogP contribution in [0.1, 0.15) is 11.1 Å². The maximum atomic E-state index is 9.06. The average molecular weight is 254 g/mol. The Labute approximate surface area is 113 Å². The van der Waals surface area contributed by atoms with Gasteiger partial charge in [0.1, 0.15) is 35.4 Å². The number of nitriles is 6. The third kappa shape index (κ3) is 2.27. The van der Waals surface area contributed by atoms with Crippen LogP contribution in [0.2, 0.25) is 0 Å². The zero-order valence-electron chi connectivity index (χ0n) is 9.84. The zero-order chi connectivity index (χ0) is 15.1. The van der Waals surface area contributed by atoms with Crippen molar-refractivity contribution in [3.05, 3.63) is 33.7 Å². The first-order chi connectivity index (χ1) is 9.66. The van der Waals surface area contributed by atoms with Gasteiger partial charge in [0.25, 0.3) is 0 Å². The summed E-state index contributed by atoms with van der Waals surface area (Å²) < 4.78 is 0. The van der Waals surface area contributed by atoms with Gasteiger partial charge in [0.15, 0.2) is 0 Å². The molecule has 0 aliphatic carbocycles. The van der Waals surface area contributed by atoms with Gasteiger partial charge in [-0.3, -0.25) is 0 Å². The van der Waals surface area contributed by atoms with Crippen molar-refractivity contribution in [2.45, 2.75) is 0 Å². The fraction of sp³-hybridized carbons (Fsp3) is 0. The first-order valence-corrected chi connectivity index (χ1v) is 5.00. The van der Waals surface area contributed by atoms with Crippen LogP contribution < -0.4 is 10.4 Å². The van der Waals surface area contributed by atoms with Crippen LogP contribution in [0, 0.1) is 68.0 Å². The van der Waals surface area contributed by atoms with Gasteiger partial charge in [-0.25, -0.2) is 0 Å². The molecule has 1 rings (SSSR count). The van der Waals surface area contributed by atoms with Gasteiger partial charge in [-0.05, 0) is 12.1 Å². The molecule has 1 aromatic rings. The van der Waals surface area contributed by atoms with E-state index in [4.69, 9.17) is 31.6 Å². The van der Waals surface area contributed by atoms with Crippen molar-refractivity contribution in [2.24, 2.45) is 0 Å². The quantitative estimate of drug-likeness (QED) is 0.628. The summed E-state index contributed by atoms with van der Waals surface area (Å²) in [5.74, 6) is 0. The van der Waals surface area contributed by atoms with E-state index in [1.165, 1.54) is 12.1 Å². The van der Waals surface area contributed by atoms with Crippen LogP contribution >= 0.6 is 0 Å². The summed E-state index contributed by atoms with van der Waals surface area (Å²) in [6.07, 6.45) is 0. The minimum Gasteiger partial charge on any atom is -0.192 e. The van der Waals surface area contributed by atoms with E-state index < -0.39 is 0 Å². The van der Waals surface area contributed by atoms with Gasteiger partial charge in [0, 0.05) is 10.4 Å².